The van der Waals surface area contributed by atoms with Gasteiger partial charge in [-0.25, -0.2) is 13.7 Å². The maximum Gasteiger partial charge on any atom is 0.414 e. The molecule has 1 amide bonds. The molecule has 36 heavy (non-hydrogen) atoms. The van der Waals surface area contributed by atoms with Crippen LogP contribution in [0.3, 0.4) is 0 Å². The van der Waals surface area contributed by atoms with Crippen LogP contribution in [-0.4, -0.2) is 34.3 Å². The number of amides is 1. The average molecular weight is 513 g/mol. The second-order valence-electron chi connectivity index (χ2n) is 11.9. The Kier molecular flexibility index (Phi) is 7.54. The van der Waals surface area contributed by atoms with Crippen molar-refractivity contribution in [2.45, 2.75) is 83.6 Å². The molecule has 1 unspecified atom stereocenters. The molecule has 196 valence electrons. The van der Waals surface area contributed by atoms with Crippen molar-refractivity contribution >= 4 is 22.8 Å². The number of ether oxygens (including phenoxy) is 2. The van der Waals surface area contributed by atoms with E-state index >= 15 is 0 Å². The van der Waals surface area contributed by atoms with E-state index in [1.807, 2.05) is 53.7 Å². The van der Waals surface area contributed by atoms with E-state index < -0.39 is 16.6 Å². The summed E-state index contributed by atoms with van der Waals surface area (Å²) < 4.78 is 27.2. The lowest BCUT2D eigenvalue weighted by molar-refractivity contribution is 0.0576. The Morgan fingerprint density at radius 3 is 2.53 bits per heavy atom. The van der Waals surface area contributed by atoms with Gasteiger partial charge in [0.1, 0.15) is 11.4 Å². The molecule has 6 nitrogen and oxygen atoms in total. The third kappa shape index (κ3) is 5.94. The Balaban J connectivity index is 1.60. The zero-order chi connectivity index (χ0) is 26.3. The first-order chi connectivity index (χ1) is 16.9. The van der Waals surface area contributed by atoms with Gasteiger partial charge in [0.15, 0.2) is 0 Å². The molecule has 0 spiro atoms. The quantitative estimate of drug-likeness (QED) is 0.542. The standard InChI is InChI=1S/C29H40N2O4S/c1-28(2,3)35-27(32)31-14-13-24(30-36(33)29(4,5)6)23-17-19(11-12-25(23)31)15-20-16-21-9-8-10-26(34-7)22(21)18-20/h8-12,17,20,24,30H,13-16,18H2,1-7H3/t20?,24-,36-/m1/s1. The van der Waals surface area contributed by atoms with Crippen molar-refractivity contribution in [3.05, 3.63) is 58.7 Å². The number of rotatable bonds is 5. The molecule has 1 aliphatic heterocycles. The van der Waals surface area contributed by atoms with Gasteiger partial charge in [0, 0.05) is 12.6 Å². The van der Waals surface area contributed by atoms with Crippen molar-refractivity contribution in [1.82, 2.24) is 4.72 Å². The molecule has 2 aromatic carbocycles. The fourth-order valence-corrected chi connectivity index (χ4v) is 5.96. The highest BCUT2D eigenvalue weighted by molar-refractivity contribution is 7.84. The maximum absolute atomic E-state index is 13.0. The molecular formula is C29H40N2O4S. The number of hydrogen-bond acceptors (Lipinski definition) is 4. The molecule has 0 fully saturated rings. The van der Waals surface area contributed by atoms with Crippen LogP contribution in [0.2, 0.25) is 0 Å². The van der Waals surface area contributed by atoms with Crippen LogP contribution in [0.4, 0.5) is 10.5 Å². The second-order valence-corrected chi connectivity index (χ2v) is 13.9. The Labute approximate surface area is 218 Å². The number of methoxy groups -OCH3 is 1. The maximum atomic E-state index is 13.0. The molecule has 0 bridgehead atoms. The van der Waals surface area contributed by atoms with Crippen molar-refractivity contribution in [2.75, 3.05) is 18.6 Å². The SMILES string of the molecule is COc1cccc2c1CC(Cc1ccc3c(c1)[C@H](N[S@](=O)C(C)(C)C)CCN3C(=O)OC(C)(C)C)C2. The molecule has 1 aliphatic carbocycles. The molecule has 7 heteroatoms. The molecule has 2 aromatic rings. The predicted octanol–water partition coefficient (Wildman–Crippen LogP) is 5.89. The minimum atomic E-state index is -1.22. The lowest BCUT2D eigenvalue weighted by atomic mass is 9.91. The minimum absolute atomic E-state index is 0.0976. The molecule has 3 atom stereocenters. The van der Waals surface area contributed by atoms with Crippen LogP contribution < -0.4 is 14.4 Å². The molecule has 4 rings (SSSR count). The van der Waals surface area contributed by atoms with Gasteiger partial charge in [0.2, 0.25) is 0 Å². The van der Waals surface area contributed by atoms with E-state index in [0.29, 0.717) is 18.9 Å². The average Bonchev–Trinajstić information content (AvgIpc) is 3.19. The van der Waals surface area contributed by atoms with E-state index in [9.17, 15) is 9.00 Å². The molecule has 1 heterocycles. The highest BCUT2D eigenvalue weighted by Crippen LogP contribution is 2.39. The normalized spacial score (nSPS) is 20.5. The monoisotopic (exact) mass is 512 g/mol. The highest BCUT2D eigenvalue weighted by Gasteiger charge is 2.34. The molecule has 0 saturated carbocycles. The van der Waals surface area contributed by atoms with E-state index in [2.05, 4.69) is 29.0 Å². The molecule has 0 saturated heterocycles. The van der Waals surface area contributed by atoms with Crippen molar-refractivity contribution in [1.29, 1.82) is 0 Å². The van der Waals surface area contributed by atoms with Gasteiger partial charge in [-0.05, 0) is 108 Å². The van der Waals surface area contributed by atoms with Crippen LogP contribution in [0.15, 0.2) is 36.4 Å². The van der Waals surface area contributed by atoms with Gasteiger partial charge >= 0.3 is 6.09 Å². The first-order valence-corrected chi connectivity index (χ1v) is 14.0. The number of nitrogens with one attached hydrogen (secondary N) is 1. The van der Waals surface area contributed by atoms with Crippen molar-refractivity contribution in [3.63, 3.8) is 0 Å². The topological polar surface area (TPSA) is 67.9 Å². The van der Waals surface area contributed by atoms with Gasteiger partial charge in [-0.15, -0.1) is 0 Å². The Hall–Kier alpha value is -2.38. The zero-order valence-corrected chi connectivity index (χ0v) is 23.5. The van der Waals surface area contributed by atoms with Gasteiger partial charge in [0.05, 0.1) is 28.5 Å². The lowest BCUT2D eigenvalue weighted by Crippen LogP contribution is -2.44. The summed E-state index contributed by atoms with van der Waals surface area (Å²) in [5, 5.41) is 0. The summed E-state index contributed by atoms with van der Waals surface area (Å²) in [5.74, 6) is 1.47. The van der Waals surface area contributed by atoms with Crippen LogP contribution in [0, 0.1) is 5.92 Å². The molecule has 0 aromatic heterocycles. The first-order valence-electron chi connectivity index (χ1n) is 12.8. The number of carbonyl (C=O) groups excluding carboxylic acids is 1. The summed E-state index contributed by atoms with van der Waals surface area (Å²) in [6.07, 6.45) is 3.29. The van der Waals surface area contributed by atoms with E-state index in [1.165, 1.54) is 16.7 Å². The van der Waals surface area contributed by atoms with Crippen LogP contribution >= 0.6 is 0 Å². The van der Waals surface area contributed by atoms with E-state index in [-0.39, 0.29) is 16.9 Å². The van der Waals surface area contributed by atoms with Gasteiger partial charge in [0.25, 0.3) is 0 Å². The van der Waals surface area contributed by atoms with Crippen molar-refractivity contribution in [3.8, 4) is 5.75 Å². The Morgan fingerprint density at radius 2 is 1.86 bits per heavy atom. The third-order valence-corrected chi connectivity index (χ3v) is 8.41. The lowest BCUT2D eigenvalue weighted by Gasteiger charge is -2.36. The number of hydrogen-bond donors (Lipinski definition) is 1. The molecular weight excluding hydrogens is 472 g/mol. The number of benzene rings is 2. The Morgan fingerprint density at radius 1 is 1.11 bits per heavy atom. The smallest absolute Gasteiger partial charge is 0.414 e. The predicted molar refractivity (Wildman–Crippen MR) is 146 cm³/mol. The molecule has 1 N–H and O–H groups in total. The summed E-state index contributed by atoms with van der Waals surface area (Å²) in [4.78, 5) is 14.7. The number of fused-ring (bicyclic) bond motifs is 2. The Bertz CT molecular complexity index is 1150. The highest BCUT2D eigenvalue weighted by atomic mass is 32.2. The molecule has 2 aliphatic rings. The fourth-order valence-electron chi connectivity index (χ4n) is 5.10. The van der Waals surface area contributed by atoms with Gasteiger partial charge < -0.3 is 9.47 Å². The second kappa shape index (κ2) is 10.2. The van der Waals surface area contributed by atoms with E-state index in [4.69, 9.17) is 9.47 Å². The van der Waals surface area contributed by atoms with Crippen LogP contribution in [0.5, 0.6) is 5.75 Å². The van der Waals surface area contributed by atoms with Crippen molar-refractivity contribution < 1.29 is 18.5 Å². The summed E-state index contributed by atoms with van der Waals surface area (Å²) in [7, 11) is 0.514. The summed E-state index contributed by atoms with van der Waals surface area (Å²) in [5.41, 5.74) is 5.19. The summed E-state index contributed by atoms with van der Waals surface area (Å²) >= 11 is 0. The number of carbonyl (C=O) groups is 1. The van der Waals surface area contributed by atoms with Gasteiger partial charge in [-0.1, -0.05) is 24.3 Å². The number of nitrogens with zero attached hydrogens (tertiary/aromatic N) is 1. The van der Waals surface area contributed by atoms with E-state index in [1.54, 1.807) is 12.0 Å². The van der Waals surface area contributed by atoms with Crippen LogP contribution in [-0.2, 0) is 35.0 Å². The number of anilines is 1. The van der Waals surface area contributed by atoms with Crippen LogP contribution in [0.25, 0.3) is 0 Å². The van der Waals surface area contributed by atoms with Gasteiger partial charge in [-0.2, -0.15) is 0 Å². The third-order valence-electron chi connectivity index (χ3n) is 6.79. The molecule has 0 radical (unpaired) electrons. The van der Waals surface area contributed by atoms with E-state index in [0.717, 1.165) is 36.3 Å². The van der Waals surface area contributed by atoms with Gasteiger partial charge in [-0.3, -0.25) is 4.90 Å². The minimum Gasteiger partial charge on any atom is -0.496 e. The van der Waals surface area contributed by atoms with Crippen LogP contribution in [0.1, 0.15) is 76.3 Å². The fraction of sp³-hybridized carbons (Fsp3) is 0.552. The first kappa shape index (κ1) is 26.7. The van der Waals surface area contributed by atoms with Crippen molar-refractivity contribution in [2.24, 2.45) is 5.92 Å². The largest absolute Gasteiger partial charge is 0.496 e. The summed E-state index contributed by atoms with van der Waals surface area (Å²) in [6, 6.07) is 12.6. The summed E-state index contributed by atoms with van der Waals surface area (Å²) in [6.45, 7) is 12.1. The zero-order valence-electron chi connectivity index (χ0n) is 22.6.